The minimum absolute atomic E-state index is 0.0230. The number of phenolic OH excluding ortho intramolecular Hbond substituents is 1. The topological polar surface area (TPSA) is 138 Å². The summed E-state index contributed by atoms with van der Waals surface area (Å²) in [6, 6.07) is 15.9. The van der Waals surface area contributed by atoms with Gasteiger partial charge in [0.2, 0.25) is 0 Å². The molecule has 4 rings (SSSR count). The van der Waals surface area contributed by atoms with Crippen LogP contribution in [0.4, 0.5) is 17.1 Å². The molecule has 0 atom stereocenters. The average Bonchev–Trinajstić information content (AvgIpc) is 2.85. The number of fused-ring (bicyclic) bond motifs is 1. The Kier molecular flexibility index (Phi) is 7.89. The molecular formula is C26H21Cl2N3O6S. The summed E-state index contributed by atoms with van der Waals surface area (Å²) in [5.74, 6) is -0.604. The van der Waals surface area contributed by atoms with Crippen LogP contribution in [0.15, 0.2) is 75.8 Å². The number of nitrogens with zero attached hydrogens (tertiary/aromatic N) is 2. The number of hydrogen-bond donors (Lipinski definition) is 3. The molecule has 12 heteroatoms. The first kappa shape index (κ1) is 27.3. The molecule has 0 aliphatic rings. The summed E-state index contributed by atoms with van der Waals surface area (Å²) in [6.45, 7) is 3.66. The number of anilines is 1. The van der Waals surface area contributed by atoms with E-state index in [1.54, 1.807) is 42.5 Å². The van der Waals surface area contributed by atoms with Crippen LogP contribution in [0, 0.1) is 6.92 Å². The van der Waals surface area contributed by atoms with Crippen LogP contribution in [0.25, 0.3) is 10.8 Å². The maximum atomic E-state index is 13.2. The van der Waals surface area contributed by atoms with Gasteiger partial charge in [-0.2, -0.15) is 13.5 Å². The molecule has 1 amide bonds. The van der Waals surface area contributed by atoms with E-state index in [1.807, 2.05) is 6.92 Å². The summed E-state index contributed by atoms with van der Waals surface area (Å²) in [5.41, 5.74) is 0.310. The van der Waals surface area contributed by atoms with Crippen LogP contribution < -0.4 is 10.1 Å². The second-order valence-electron chi connectivity index (χ2n) is 8.07. The zero-order valence-corrected chi connectivity index (χ0v) is 22.4. The number of benzene rings is 4. The lowest BCUT2D eigenvalue weighted by Gasteiger charge is -2.13. The maximum Gasteiger partial charge on any atom is 0.296 e. The van der Waals surface area contributed by atoms with Crippen molar-refractivity contribution < 1.29 is 27.6 Å². The lowest BCUT2D eigenvalue weighted by Crippen LogP contribution is -2.12. The van der Waals surface area contributed by atoms with E-state index in [0.29, 0.717) is 23.1 Å². The fraction of sp³-hybridized carbons (Fsp3) is 0.115. The Morgan fingerprint density at radius 3 is 2.45 bits per heavy atom. The van der Waals surface area contributed by atoms with Gasteiger partial charge in [-0.25, -0.2) is 0 Å². The monoisotopic (exact) mass is 573 g/mol. The summed E-state index contributed by atoms with van der Waals surface area (Å²) >= 11 is 12.2. The fourth-order valence-electron chi connectivity index (χ4n) is 3.82. The van der Waals surface area contributed by atoms with E-state index in [1.165, 1.54) is 25.1 Å². The zero-order chi connectivity index (χ0) is 27.6. The highest BCUT2D eigenvalue weighted by molar-refractivity contribution is 7.86. The Hall–Kier alpha value is -3.70. The number of phenols is 1. The molecule has 38 heavy (non-hydrogen) atoms. The van der Waals surface area contributed by atoms with Gasteiger partial charge >= 0.3 is 0 Å². The van der Waals surface area contributed by atoms with Crippen LogP contribution >= 0.6 is 23.2 Å². The van der Waals surface area contributed by atoms with Crippen molar-refractivity contribution in [1.82, 2.24) is 0 Å². The molecule has 9 nitrogen and oxygen atoms in total. The molecule has 0 fully saturated rings. The summed E-state index contributed by atoms with van der Waals surface area (Å²) in [5, 5.41) is 23.2. The van der Waals surface area contributed by atoms with E-state index in [-0.39, 0.29) is 38.2 Å². The molecular weight excluding hydrogens is 553 g/mol. The van der Waals surface area contributed by atoms with Gasteiger partial charge in [0.05, 0.1) is 33.6 Å². The normalized spacial score (nSPS) is 11.7. The molecule has 0 saturated heterocycles. The molecule has 196 valence electrons. The summed E-state index contributed by atoms with van der Waals surface area (Å²) < 4.78 is 38.6. The molecule has 0 aliphatic carbocycles. The van der Waals surface area contributed by atoms with Crippen LogP contribution in [0.1, 0.15) is 22.8 Å². The van der Waals surface area contributed by atoms with Crippen molar-refractivity contribution in [2.75, 3.05) is 11.9 Å². The van der Waals surface area contributed by atoms with Crippen LogP contribution in [-0.2, 0) is 10.1 Å². The molecule has 0 heterocycles. The number of azo groups is 1. The summed E-state index contributed by atoms with van der Waals surface area (Å²) in [4.78, 5) is 12.7. The molecule has 0 saturated carbocycles. The number of amides is 1. The van der Waals surface area contributed by atoms with Gasteiger partial charge in [0.25, 0.3) is 16.0 Å². The predicted molar refractivity (Wildman–Crippen MR) is 146 cm³/mol. The van der Waals surface area contributed by atoms with Crippen LogP contribution in [0.5, 0.6) is 11.5 Å². The number of carbonyl (C=O) groups is 1. The SMILES string of the molecule is CCOc1ccc(Cl)c(NC(=O)c2cc3ccccc3c(N=Nc3ccc(Cl)c(S(=O)(=O)O)c3C)c2O)c1. The molecule has 4 aromatic rings. The smallest absolute Gasteiger partial charge is 0.296 e. The van der Waals surface area contributed by atoms with E-state index >= 15 is 0 Å². The van der Waals surface area contributed by atoms with E-state index in [9.17, 15) is 22.9 Å². The van der Waals surface area contributed by atoms with Crippen molar-refractivity contribution in [3.63, 3.8) is 0 Å². The standard InChI is InChI=1S/C26H21Cl2N3O6S/c1-3-37-16-8-9-19(27)22(13-16)29-26(33)18-12-15-6-4-5-7-17(15)23(24(18)32)31-30-21-11-10-20(28)25(14(21)2)38(34,35)36/h4-13,32H,3H2,1-2H3,(H,29,33)(H,34,35,36). The van der Waals surface area contributed by atoms with Crippen LogP contribution in [0.3, 0.4) is 0 Å². The predicted octanol–water partition coefficient (Wildman–Crippen LogP) is 7.47. The summed E-state index contributed by atoms with van der Waals surface area (Å²) in [7, 11) is -4.63. The number of rotatable bonds is 7. The Bertz CT molecular complexity index is 1710. The van der Waals surface area contributed by atoms with E-state index < -0.39 is 26.7 Å². The van der Waals surface area contributed by atoms with Gasteiger partial charge in [0.15, 0.2) is 5.75 Å². The number of aromatic hydroxyl groups is 1. The van der Waals surface area contributed by atoms with Crippen molar-refractivity contribution >= 4 is 67.1 Å². The highest BCUT2D eigenvalue weighted by Crippen LogP contribution is 2.41. The second-order valence-corrected chi connectivity index (χ2v) is 10.2. The number of ether oxygens (including phenoxy) is 1. The van der Waals surface area contributed by atoms with Crippen molar-refractivity contribution in [2.45, 2.75) is 18.7 Å². The number of hydrogen-bond acceptors (Lipinski definition) is 7. The van der Waals surface area contributed by atoms with Gasteiger partial charge in [-0.1, -0.05) is 47.5 Å². The molecule has 3 N–H and O–H groups in total. The molecule has 0 aromatic heterocycles. The Morgan fingerprint density at radius 1 is 1.03 bits per heavy atom. The van der Waals surface area contributed by atoms with Crippen molar-refractivity contribution in [3.05, 3.63) is 81.8 Å². The molecule has 0 radical (unpaired) electrons. The van der Waals surface area contributed by atoms with Crippen molar-refractivity contribution in [2.24, 2.45) is 10.2 Å². The minimum atomic E-state index is -4.63. The lowest BCUT2D eigenvalue weighted by molar-refractivity contribution is 0.102. The van der Waals surface area contributed by atoms with Crippen molar-refractivity contribution in [1.29, 1.82) is 0 Å². The van der Waals surface area contributed by atoms with E-state index in [0.717, 1.165) is 0 Å². The first-order chi connectivity index (χ1) is 18.0. The van der Waals surface area contributed by atoms with Crippen LogP contribution in [0.2, 0.25) is 10.0 Å². The highest BCUT2D eigenvalue weighted by atomic mass is 35.5. The highest BCUT2D eigenvalue weighted by Gasteiger charge is 2.22. The van der Waals surface area contributed by atoms with Gasteiger partial charge in [-0.05, 0) is 55.1 Å². The zero-order valence-electron chi connectivity index (χ0n) is 20.1. The summed E-state index contributed by atoms with van der Waals surface area (Å²) in [6.07, 6.45) is 0. The van der Waals surface area contributed by atoms with Gasteiger partial charge in [0.1, 0.15) is 16.3 Å². The van der Waals surface area contributed by atoms with Gasteiger partial charge in [-0.15, -0.1) is 5.11 Å². The van der Waals surface area contributed by atoms with Gasteiger partial charge in [-0.3, -0.25) is 9.35 Å². The fourth-order valence-corrected chi connectivity index (χ4v) is 5.28. The Labute approximate surface area is 228 Å². The number of carbonyl (C=O) groups excluding carboxylic acids is 1. The largest absolute Gasteiger partial charge is 0.505 e. The third kappa shape index (κ3) is 5.58. The molecule has 0 bridgehead atoms. The molecule has 4 aromatic carbocycles. The number of halogens is 2. The van der Waals surface area contributed by atoms with E-state index in [2.05, 4.69) is 15.5 Å². The third-order valence-electron chi connectivity index (χ3n) is 5.58. The second kappa shape index (κ2) is 11.0. The third-order valence-corrected chi connectivity index (χ3v) is 7.38. The molecule has 0 unspecified atom stereocenters. The number of nitrogens with one attached hydrogen (secondary N) is 1. The van der Waals surface area contributed by atoms with Crippen molar-refractivity contribution in [3.8, 4) is 11.5 Å². The average molecular weight is 574 g/mol. The Morgan fingerprint density at radius 2 is 1.74 bits per heavy atom. The maximum absolute atomic E-state index is 13.2. The van der Waals surface area contributed by atoms with Gasteiger partial charge < -0.3 is 15.2 Å². The lowest BCUT2D eigenvalue weighted by atomic mass is 10.0. The minimum Gasteiger partial charge on any atom is -0.505 e. The molecule has 0 aliphatic heterocycles. The van der Waals surface area contributed by atoms with E-state index in [4.69, 9.17) is 27.9 Å². The quantitative estimate of drug-likeness (QED) is 0.155. The first-order valence-electron chi connectivity index (χ1n) is 11.2. The first-order valence-corrected chi connectivity index (χ1v) is 13.4. The van der Waals surface area contributed by atoms with Crippen LogP contribution in [-0.4, -0.2) is 30.6 Å². The molecule has 0 spiro atoms. The van der Waals surface area contributed by atoms with Gasteiger partial charge in [0, 0.05) is 11.5 Å². The Balaban J connectivity index is 1.80.